The summed E-state index contributed by atoms with van der Waals surface area (Å²) in [6, 6.07) is 5.39. The van der Waals surface area contributed by atoms with Crippen LogP contribution in [0.25, 0.3) is 0 Å². The van der Waals surface area contributed by atoms with Crippen LogP contribution in [0.4, 0.5) is 0 Å². The molecule has 0 aliphatic rings. The summed E-state index contributed by atoms with van der Waals surface area (Å²) in [5.74, 6) is 0.556. The summed E-state index contributed by atoms with van der Waals surface area (Å²) in [4.78, 5) is 0. The topological polar surface area (TPSA) is 49.7 Å². The highest BCUT2D eigenvalue weighted by molar-refractivity contribution is 6.59. The Hall–Kier alpha value is -0.995. The Bertz CT molecular complexity index is 342. The van der Waals surface area contributed by atoms with Gasteiger partial charge in [-0.05, 0) is 11.0 Å². The van der Waals surface area contributed by atoms with Gasteiger partial charge in [0.15, 0.2) is 0 Å². The fourth-order valence-electron chi connectivity index (χ4n) is 1.58. The molecule has 0 heterocycles. The summed E-state index contributed by atoms with van der Waals surface area (Å²) in [5.41, 5.74) is 1.29. The van der Waals surface area contributed by atoms with E-state index in [1.807, 2.05) is 6.07 Å². The van der Waals surface area contributed by atoms with Crippen molar-refractivity contribution in [2.24, 2.45) is 0 Å². The number of methoxy groups -OCH3 is 1. The first-order valence-electron chi connectivity index (χ1n) is 4.91. The van der Waals surface area contributed by atoms with Crippen LogP contribution in [-0.4, -0.2) is 24.3 Å². The van der Waals surface area contributed by atoms with Gasteiger partial charge in [0.25, 0.3) is 0 Å². The average Bonchev–Trinajstić information content (AvgIpc) is 2.15. The Kier molecular flexibility index (Phi) is 3.42. The van der Waals surface area contributed by atoms with E-state index < -0.39 is 7.12 Å². The molecule has 2 N–H and O–H groups in total. The van der Waals surface area contributed by atoms with Gasteiger partial charge in [0.2, 0.25) is 0 Å². The minimum Gasteiger partial charge on any atom is -0.497 e. The fraction of sp³-hybridized carbons (Fsp3) is 0.455. The van der Waals surface area contributed by atoms with Crippen molar-refractivity contribution in [1.29, 1.82) is 0 Å². The Morgan fingerprint density at radius 1 is 1.20 bits per heavy atom. The smallest absolute Gasteiger partial charge is 0.492 e. The quantitative estimate of drug-likeness (QED) is 0.702. The van der Waals surface area contributed by atoms with E-state index in [-0.39, 0.29) is 5.41 Å². The molecule has 3 nitrogen and oxygen atoms in total. The van der Waals surface area contributed by atoms with Gasteiger partial charge < -0.3 is 14.8 Å². The van der Waals surface area contributed by atoms with Gasteiger partial charge in [-0.1, -0.05) is 39.0 Å². The standard InChI is InChI=1S/C11H17BO3/c1-11(2,3)8-6-5-7-9(12(13)14)10(8)15-4/h5-7,13-14H,1-4H3. The highest BCUT2D eigenvalue weighted by Crippen LogP contribution is 2.29. The number of benzene rings is 1. The number of hydrogen-bond acceptors (Lipinski definition) is 3. The fourth-order valence-corrected chi connectivity index (χ4v) is 1.58. The van der Waals surface area contributed by atoms with Crippen LogP contribution in [-0.2, 0) is 5.41 Å². The lowest BCUT2D eigenvalue weighted by Gasteiger charge is -2.23. The predicted octanol–water partition coefficient (Wildman–Crippen LogP) is 0.673. The van der Waals surface area contributed by atoms with Gasteiger partial charge in [0.1, 0.15) is 5.75 Å². The van der Waals surface area contributed by atoms with Crippen molar-refractivity contribution >= 4 is 12.6 Å². The summed E-state index contributed by atoms with van der Waals surface area (Å²) in [6.07, 6.45) is 0. The molecule has 1 aromatic rings. The van der Waals surface area contributed by atoms with E-state index in [2.05, 4.69) is 20.8 Å². The third-order valence-corrected chi connectivity index (χ3v) is 2.34. The lowest BCUT2D eigenvalue weighted by atomic mass is 9.75. The lowest BCUT2D eigenvalue weighted by molar-refractivity contribution is 0.391. The second-order valence-corrected chi connectivity index (χ2v) is 4.55. The maximum Gasteiger partial charge on any atom is 0.492 e. The first kappa shape index (κ1) is 12.1. The maximum atomic E-state index is 9.20. The molecule has 0 bridgehead atoms. The Balaban J connectivity index is 3.35. The zero-order valence-electron chi connectivity index (χ0n) is 9.61. The molecular formula is C11H17BO3. The van der Waals surface area contributed by atoms with E-state index in [4.69, 9.17) is 4.74 Å². The Morgan fingerprint density at radius 3 is 2.20 bits per heavy atom. The molecule has 0 unspecified atom stereocenters. The van der Waals surface area contributed by atoms with Crippen LogP contribution < -0.4 is 10.2 Å². The van der Waals surface area contributed by atoms with Crippen LogP contribution in [0, 0.1) is 0 Å². The second kappa shape index (κ2) is 4.25. The summed E-state index contributed by atoms with van der Waals surface area (Å²) >= 11 is 0. The van der Waals surface area contributed by atoms with Crippen LogP contribution in [0.5, 0.6) is 5.75 Å². The van der Waals surface area contributed by atoms with Crippen molar-refractivity contribution < 1.29 is 14.8 Å². The van der Waals surface area contributed by atoms with Crippen molar-refractivity contribution in [3.8, 4) is 5.75 Å². The van der Waals surface area contributed by atoms with E-state index >= 15 is 0 Å². The van der Waals surface area contributed by atoms with E-state index in [0.29, 0.717) is 11.2 Å². The van der Waals surface area contributed by atoms with E-state index in [1.54, 1.807) is 12.1 Å². The number of ether oxygens (including phenoxy) is 1. The van der Waals surface area contributed by atoms with Crippen molar-refractivity contribution in [2.75, 3.05) is 7.11 Å². The van der Waals surface area contributed by atoms with Crippen molar-refractivity contribution in [3.05, 3.63) is 23.8 Å². The molecule has 82 valence electrons. The molecule has 0 radical (unpaired) electrons. The molecule has 0 atom stereocenters. The summed E-state index contributed by atoms with van der Waals surface area (Å²) in [7, 11) is 0.0402. The van der Waals surface area contributed by atoms with Crippen LogP contribution in [0.3, 0.4) is 0 Å². The van der Waals surface area contributed by atoms with Gasteiger partial charge in [0.05, 0.1) is 7.11 Å². The Labute approximate surface area is 90.9 Å². The molecule has 1 aromatic carbocycles. The molecular weight excluding hydrogens is 191 g/mol. The van der Waals surface area contributed by atoms with Gasteiger partial charge in [-0.3, -0.25) is 0 Å². The molecule has 0 saturated heterocycles. The first-order valence-corrected chi connectivity index (χ1v) is 4.91. The zero-order valence-corrected chi connectivity index (χ0v) is 9.61. The van der Waals surface area contributed by atoms with E-state index in [0.717, 1.165) is 5.56 Å². The monoisotopic (exact) mass is 208 g/mol. The molecule has 0 fully saturated rings. The normalized spacial score (nSPS) is 11.3. The lowest BCUT2D eigenvalue weighted by Crippen LogP contribution is -2.33. The predicted molar refractivity (Wildman–Crippen MR) is 61.5 cm³/mol. The first-order chi connectivity index (χ1) is 6.88. The third-order valence-electron chi connectivity index (χ3n) is 2.34. The van der Waals surface area contributed by atoms with Crippen molar-refractivity contribution in [3.63, 3.8) is 0 Å². The summed E-state index contributed by atoms with van der Waals surface area (Å²) < 4.78 is 5.24. The zero-order chi connectivity index (χ0) is 11.6. The third kappa shape index (κ3) is 2.52. The molecule has 0 saturated carbocycles. The maximum absolute atomic E-state index is 9.20. The Morgan fingerprint density at radius 2 is 1.80 bits per heavy atom. The van der Waals surface area contributed by atoms with Gasteiger partial charge >= 0.3 is 7.12 Å². The molecule has 1 rings (SSSR count). The van der Waals surface area contributed by atoms with Gasteiger partial charge in [-0.15, -0.1) is 0 Å². The van der Waals surface area contributed by atoms with Gasteiger partial charge in [0, 0.05) is 5.46 Å². The van der Waals surface area contributed by atoms with Gasteiger partial charge in [-0.2, -0.15) is 0 Å². The van der Waals surface area contributed by atoms with Crippen LogP contribution in [0.15, 0.2) is 18.2 Å². The number of hydrogen-bond donors (Lipinski definition) is 2. The molecule has 4 heteroatoms. The van der Waals surface area contributed by atoms with Gasteiger partial charge in [-0.25, -0.2) is 0 Å². The van der Waals surface area contributed by atoms with Crippen LogP contribution in [0.2, 0.25) is 0 Å². The van der Waals surface area contributed by atoms with Crippen LogP contribution >= 0.6 is 0 Å². The molecule has 0 amide bonds. The largest absolute Gasteiger partial charge is 0.497 e. The van der Waals surface area contributed by atoms with E-state index in [1.165, 1.54) is 7.11 Å². The molecule has 0 aliphatic heterocycles. The average molecular weight is 208 g/mol. The highest BCUT2D eigenvalue weighted by atomic mass is 16.5. The summed E-state index contributed by atoms with van der Waals surface area (Å²) in [5, 5.41) is 18.4. The highest BCUT2D eigenvalue weighted by Gasteiger charge is 2.24. The molecule has 0 aliphatic carbocycles. The van der Waals surface area contributed by atoms with Crippen molar-refractivity contribution in [2.45, 2.75) is 26.2 Å². The van der Waals surface area contributed by atoms with Crippen LogP contribution in [0.1, 0.15) is 26.3 Å². The number of rotatable bonds is 2. The SMILES string of the molecule is COc1c(B(O)O)cccc1C(C)(C)C. The summed E-state index contributed by atoms with van der Waals surface area (Å²) in [6.45, 7) is 6.16. The molecule has 15 heavy (non-hydrogen) atoms. The minimum absolute atomic E-state index is 0.0871. The molecule has 0 spiro atoms. The minimum atomic E-state index is -1.50. The van der Waals surface area contributed by atoms with Crippen molar-refractivity contribution in [1.82, 2.24) is 0 Å². The van der Waals surface area contributed by atoms with E-state index in [9.17, 15) is 10.0 Å². The number of para-hydroxylation sites is 1. The second-order valence-electron chi connectivity index (χ2n) is 4.55. The molecule has 0 aromatic heterocycles.